The van der Waals surface area contributed by atoms with Gasteiger partial charge in [-0.3, -0.25) is 9.78 Å². The highest BCUT2D eigenvalue weighted by molar-refractivity contribution is 5.78. The molecule has 150 valence electrons. The van der Waals surface area contributed by atoms with Crippen LogP contribution in [0.1, 0.15) is 37.7 Å². The summed E-state index contributed by atoms with van der Waals surface area (Å²) in [5.74, 6) is 0.0651. The number of nitrogens with one attached hydrogen (secondary N) is 2. The summed E-state index contributed by atoms with van der Waals surface area (Å²) in [4.78, 5) is 16.5. The van der Waals surface area contributed by atoms with Gasteiger partial charge in [0.15, 0.2) is 0 Å². The van der Waals surface area contributed by atoms with Crippen molar-refractivity contribution in [2.75, 3.05) is 6.54 Å². The van der Waals surface area contributed by atoms with Crippen molar-refractivity contribution < 1.29 is 4.79 Å². The molecule has 2 N–H and O–H groups in total. The van der Waals surface area contributed by atoms with E-state index in [0.717, 1.165) is 35.3 Å². The van der Waals surface area contributed by atoms with Crippen molar-refractivity contribution in [2.45, 2.75) is 44.7 Å². The number of carbonyl (C=O) groups is 1. The molecule has 0 bridgehead atoms. The summed E-state index contributed by atoms with van der Waals surface area (Å²) < 4.78 is 1.88. The first-order valence-electron chi connectivity index (χ1n) is 10.3. The molecule has 4 rings (SSSR count). The van der Waals surface area contributed by atoms with Gasteiger partial charge in [-0.1, -0.05) is 37.5 Å². The summed E-state index contributed by atoms with van der Waals surface area (Å²) in [5, 5.41) is 11.2. The van der Waals surface area contributed by atoms with Gasteiger partial charge in [-0.15, -0.1) is 0 Å². The van der Waals surface area contributed by atoms with Gasteiger partial charge in [-0.05, 0) is 37.1 Å². The van der Waals surface area contributed by atoms with Gasteiger partial charge in [0.1, 0.15) is 0 Å². The van der Waals surface area contributed by atoms with Crippen LogP contribution in [0.15, 0.2) is 61.1 Å². The van der Waals surface area contributed by atoms with Crippen molar-refractivity contribution in [3.63, 3.8) is 0 Å². The lowest BCUT2D eigenvalue weighted by molar-refractivity contribution is -0.121. The quantitative estimate of drug-likeness (QED) is 0.649. The number of aromatic nitrogens is 3. The van der Waals surface area contributed by atoms with Crippen LogP contribution in [0.4, 0.5) is 0 Å². The zero-order valence-corrected chi connectivity index (χ0v) is 16.6. The molecule has 1 fully saturated rings. The Bertz CT molecular complexity index is 917. The third-order valence-electron chi connectivity index (χ3n) is 5.32. The van der Waals surface area contributed by atoms with E-state index in [-0.39, 0.29) is 5.91 Å². The van der Waals surface area contributed by atoms with Crippen LogP contribution in [-0.2, 0) is 11.3 Å². The van der Waals surface area contributed by atoms with E-state index in [1.54, 1.807) is 6.20 Å². The van der Waals surface area contributed by atoms with Gasteiger partial charge in [0.05, 0.1) is 17.9 Å². The van der Waals surface area contributed by atoms with Gasteiger partial charge >= 0.3 is 0 Å². The van der Waals surface area contributed by atoms with Crippen LogP contribution >= 0.6 is 0 Å². The molecule has 29 heavy (non-hydrogen) atoms. The Hall–Kier alpha value is -2.99. The fourth-order valence-electron chi connectivity index (χ4n) is 3.83. The van der Waals surface area contributed by atoms with Crippen molar-refractivity contribution in [3.05, 3.63) is 66.6 Å². The third kappa shape index (κ3) is 5.09. The molecule has 2 aromatic heterocycles. The molecule has 6 heteroatoms. The van der Waals surface area contributed by atoms with E-state index in [2.05, 4.69) is 15.6 Å². The topological polar surface area (TPSA) is 71.8 Å². The molecule has 1 saturated carbocycles. The summed E-state index contributed by atoms with van der Waals surface area (Å²) in [5.41, 5.74) is 3.87. The molecule has 1 aliphatic rings. The summed E-state index contributed by atoms with van der Waals surface area (Å²) >= 11 is 0. The maximum Gasteiger partial charge on any atom is 0.234 e. The predicted octanol–water partition coefficient (Wildman–Crippen LogP) is 3.47. The Kier molecular flexibility index (Phi) is 6.32. The van der Waals surface area contributed by atoms with E-state index < -0.39 is 0 Å². The second kappa shape index (κ2) is 9.47. The zero-order valence-electron chi connectivity index (χ0n) is 16.6. The number of hydrogen-bond donors (Lipinski definition) is 2. The summed E-state index contributed by atoms with van der Waals surface area (Å²) in [6.07, 6.45) is 11.5. The van der Waals surface area contributed by atoms with Gasteiger partial charge in [-0.25, -0.2) is 4.68 Å². The molecule has 0 saturated heterocycles. The Morgan fingerprint density at radius 2 is 1.90 bits per heavy atom. The predicted molar refractivity (Wildman–Crippen MR) is 114 cm³/mol. The van der Waals surface area contributed by atoms with Crippen molar-refractivity contribution in [1.29, 1.82) is 0 Å². The maximum atomic E-state index is 12.3. The first-order valence-corrected chi connectivity index (χ1v) is 10.3. The SMILES string of the molecule is O=C(CNCc1cn(-c2ccccc2)nc1-c1cccnc1)NC1CCCCC1. The molecule has 1 aromatic carbocycles. The molecule has 0 aliphatic heterocycles. The van der Waals surface area contributed by atoms with Crippen molar-refractivity contribution >= 4 is 5.91 Å². The first-order chi connectivity index (χ1) is 14.3. The van der Waals surface area contributed by atoms with Crippen LogP contribution in [0, 0.1) is 0 Å². The second-order valence-corrected chi connectivity index (χ2v) is 7.53. The molecule has 0 spiro atoms. The highest BCUT2D eigenvalue weighted by Gasteiger charge is 2.16. The van der Waals surface area contributed by atoms with Gasteiger partial charge < -0.3 is 10.6 Å². The standard InChI is InChI=1S/C23H27N5O/c29-22(26-20-9-3-1-4-10-20)16-25-15-19-17-28(21-11-5-2-6-12-21)27-23(19)18-8-7-13-24-14-18/h2,5-8,11-14,17,20,25H,1,3-4,9-10,15-16H2,(H,26,29). The molecule has 2 heterocycles. The van der Waals surface area contributed by atoms with Crippen molar-refractivity contribution in [1.82, 2.24) is 25.4 Å². The summed E-state index contributed by atoms with van der Waals surface area (Å²) in [6.45, 7) is 0.870. The molecule has 3 aromatic rings. The molecular formula is C23H27N5O. The number of nitrogens with zero attached hydrogens (tertiary/aromatic N) is 3. The largest absolute Gasteiger partial charge is 0.352 e. The number of amides is 1. The fourth-order valence-corrected chi connectivity index (χ4v) is 3.83. The zero-order chi connectivity index (χ0) is 19.9. The van der Waals surface area contributed by atoms with E-state index >= 15 is 0 Å². The number of hydrogen-bond acceptors (Lipinski definition) is 4. The first kappa shape index (κ1) is 19.3. The van der Waals surface area contributed by atoms with Crippen LogP contribution in [-0.4, -0.2) is 33.3 Å². The fraction of sp³-hybridized carbons (Fsp3) is 0.348. The van der Waals surface area contributed by atoms with E-state index in [0.29, 0.717) is 19.1 Å². The van der Waals surface area contributed by atoms with Gasteiger partial charge in [0.25, 0.3) is 0 Å². The Morgan fingerprint density at radius 3 is 2.66 bits per heavy atom. The molecule has 0 radical (unpaired) electrons. The Morgan fingerprint density at radius 1 is 1.07 bits per heavy atom. The number of para-hydroxylation sites is 1. The second-order valence-electron chi connectivity index (χ2n) is 7.53. The van der Waals surface area contributed by atoms with Crippen LogP contribution in [0.2, 0.25) is 0 Å². The van der Waals surface area contributed by atoms with Gasteiger partial charge in [0.2, 0.25) is 5.91 Å². The minimum Gasteiger partial charge on any atom is -0.352 e. The normalized spacial score (nSPS) is 14.6. The number of benzene rings is 1. The summed E-state index contributed by atoms with van der Waals surface area (Å²) in [6, 6.07) is 14.3. The molecular weight excluding hydrogens is 362 g/mol. The molecule has 0 unspecified atom stereocenters. The highest BCUT2D eigenvalue weighted by atomic mass is 16.1. The number of rotatable bonds is 7. The molecule has 1 aliphatic carbocycles. The number of pyridine rings is 1. The van der Waals surface area contributed by atoms with Gasteiger partial charge in [-0.2, -0.15) is 5.10 Å². The van der Waals surface area contributed by atoms with Crippen molar-refractivity contribution in [2.24, 2.45) is 0 Å². The Labute approximate surface area is 171 Å². The molecule has 1 amide bonds. The van der Waals surface area contributed by atoms with Crippen LogP contribution < -0.4 is 10.6 Å². The minimum atomic E-state index is 0.0651. The van der Waals surface area contributed by atoms with Crippen LogP contribution in [0.3, 0.4) is 0 Å². The lowest BCUT2D eigenvalue weighted by atomic mass is 9.95. The van der Waals surface area contributed by atoms with E-state index in [1.807, 2.05) is 59.5 Å². The number of carbonyl (C=O) groups excluding carboxylic acids is 1. The average Bonchev–Trinajstić information content (AvgIpc) is 3.20. The summed E-state index contributed by atoms with van der Waals surface area (Å²) in [7, 11) is 0. The monoisotopic (exact) mass is 389 g/mol. The van der Waals surface area contributed by atoms with E-state index in [4.69, 9.17) is 5.10 Å². The minimum absolute atomic E-state index is 0.0651. The average molecular weight is 390 g/mol. The highest BCUT2D eigenvalue weighted by Crippen LogP contribution is 2.23. The smallest absolute Gasteiger partial charge is 0.234 e. The lowest BCUT2D eigenvalue weighted by Crippen LogP contribution is -2.41. The Balaban J connectivity index is 1.44. The van der Waals surface area contributed by atoms with Gasteiger partial charge in [0, 0.05) is 42.3 Å². The van der Waals surface area contributed by atoms with E-state index in [9.17, 15) is 4.79 Å². The van der Waals surface area contributed by atoms with Crippen LogP contribution in [0.5, 0.6) is 0 Å². The van der Waals surface area contributed by atoms with E-state index in [1.165, 1.54) is 19.3 Å². The lowest BCUT2D eigenvalue weighted by Gasteiger charge is -2.22. The maximum absolute atomic E-state index is 12.3. The van der Waals surface area contributed by atoms with Crippen LogP contribution in [0.25, 0.3) is 16.9 Å². The third-order valence-corrected chi connectivity index (χ3v) is 5.32. The van der Waals surface area contributed by atoms with Crippen molar-refractivity contribution in [3.8, 4) is 16.9 Å². The molecule has 0 atom stereocenters. The molecule has 6 nitrogen and oxygen atoms in total.